The van der Waals surface area contributed by atoms with Gasteiger partial charge in [-0.15, -0.1) is 0 Å². The van der Waals surface area contributed by atoms with Crippen LogP contribution in [0.3, 0.4) is 0 Å². The van der Waals surface area contributed by atoms with E-state index in [1.54, 1.807) is 0 Å². The summed E-state index contributed by atoms with van der Waals surface area (Å²) in [5, 5.41) is 0. The van der Waals surface area contributed by atoms with Crippen molar-refractivity contribution in [3.05, 3.63) is 29.8 Å². The number of rotatable bonds is 5. The van der Waals surface area contributed by atoms with Crippen LogP contribution in [0, 0.1) is 0 Å². The van der Waals surface area contributed by atoms with E-state index < -0.39 is 0 Å². The zero-order valence-corrected chi connectivity index (χ0v) is 10.1. The van der Waals surface area contributed by atoms with E-state index in [9.17, 15) is 4.79 Å². The van der Waals surface area contributed by atoms with Crippen LogP contribution in [0.1, 0.15) is 25.3 Å². The van der Waals surface area contributed by atoms with Crippen molar-refractivity contribution in [3.8, 4) is 0 Å². The number of hydrogen-bond donors (Lipinski definition) is 2. The molecule has 4 heteroatoms. The summed E-state index contributed by atoms with van der Waals surface area (Å²) in [5.41, 5.74) is 13.0. The van der Waals surface area contributed by atoms with Crippen molar-refractivity contribution in [2.75, 3.05) is 5.73 Å². The van der Waals surface area contributed by atoms with Crippen LogP contribution in [0.25, 0.3) is 0 Å². The van der Waals surface area contributed by atoms with E-state index >= 15 is 0 Å². The zero-order chi connectivity index (χ0) is 12.4. The largest absolute Gasteiger partial charge is 0.399 e. The quantitative estimate of drug-likeness (QED) is 0.748. The minimum atomic E-state index is -0.263. The molecule has 1 saturated carbocycles. The topological polar surface area (TPSA) is 72.4 Å². The zero-order valence-electron chi connectivity index (χ0n) is 10.1. The molecular formula is C13H19N3O. The van der Waals surface area contributed by atoms with Crippen LogP contribution in [0.15, 0.2) is 24.3 Å². The van der Waals surface area contributed by atoms with Crippen LogP contribution < -0.4 is 11.5 Å². The number of nitrogens with zero attached hydrogens (tertiary/aromatic N) is 1. The van der Waals surface area contributed by atoms with E-state index in [4.69, 9.17) is 11.5 Å². The molecule has 1 fully saturated rings. The lowest BCUT2D eigenvalue weighted by Gasteiger charge is -2.26. The highest BCUT2D eigenvalue weighted by Crippen LogP contribution is 2.30. The second kappa shape index (κ2) is 4.75. The minimum Gasteiger partial charge on any atom is -0.399 e. The van der Waals surface area contributed by atoms with Gasteiger partial charge in [0.1, 0.15) is 0 Å². The van der Waals surface area contributed by atoms with Crippen molar-refractivity contribution < 1.29 is 4.79 Å². The molecule has 1 unspecified atom stereocenters. The maximum Gasteiger partial charge on any atom is 0.234 e. The van der Waals surface area contributed by atoms with Gasteiger partial charge in [-0.2, -0.15) is 0 Å². The van der Waals surface area contributed by atoms with Crippen LogP contribution in [0.4, 0.5) is 5.69 Å². The highest BCUT2D eigenvalue weighted by atomic mass is 16.1. The molecule has 1 amide bonds. The number of nitrogen functional groups attached to an aromatic ring is 1. The Hall–Kier alpha value is -1.55. The lowest BCUT2D eigenvalue weighted by atomic mass is 10.1. The van der Waals surface area contributed by atoms with E-state index in [1.165, 1.54) is 0 Å². The van der Waals surface area contributed by atoms with Crippen molar-refractivity contribution in [1.29, 1.82) is 0 Å². The van der Waals surface area contributed by atoms with Crippen LogP contribution in [-0.4, -0.2) is 22.9 Å². The number of primary amides is 1. The maximum atomic E-state index is 11.3. The molecule has 0 saturated heterocycles. The van der Waals surface area contributed by atoms with Crippen molar-refractivity contribution in [2.45, 2.75) is 38.4 Å². The third-order valence-electron chi connectivity index (χ3n) is 3.24. The molecule has 92 valence electrons. The Morgan fingerprint density at radius 1 is 1.53 bits per heavy atom. The SMILES string of the molecule is CC(C(N)=O)N(Cc1cccc(N)c1)C1CC1. The lowest BCUT2D eigenvalue weighted by molar-refractivity contribution is -0.123. The third-order valence-corrected chi connectivity index (χ3v) is 3.24. The Bertz CT molecular complexity index is 415. The molecule has 4 nitrogen and oxygen atoms in total. The molecule has 1 aliphatic rings. The second-order valence-electron chi connectivity index (χ2n) is 4.73. The van der Waals surface area contributed by atoms with Gasteiger partial charge in [0.25, 0.3) is 0 Å². The van der Waals surface area contributed by atoms with Gasteiger partial charge < -0.3 is 11.5 Å². The molecule has 17 heavy (non-hydrogen) atoms. The smallest absolute Gasteiger partial charge is 0.234 e. The number of carbonyl (C=O) groups excluding carboxylic acids is 1. The highest BCUT2D eigenvalue weighted by molar-refractivity contribution is 5.79. The average Bonchev–Trinajstić information content (AvgIpc) is 3.09. The fraction of sp³-hybridized carbons (Fsp3) is 0.462. The minimum absolute atomic E-state index is 0.219. The van der Waals surface area contributed by atoms with Crippen molar-refractivity contribution in [1.82, 2.24) is 4.90 Å². The first kappa shape index (κ1) is 11.9. The number of benzene rings is 1. The summed E-state index contributed by atoms with van der Waals surface area (Å²) in [6, 6.07) is 8.05. The summed E-state index contributed by atoms with van der Waals surface area (Å²) in [6.07, 6.45) is 2.31. The van der Waals surface area contributed by atoms with Gasteiger partial charge in [-0.3, -0.25) is 9.69 Å². The van der Waals surface area contributed by atoms with Gasteiger partial charge in [-0.1, -0.05) is 12.1 Å². The fourth-order valence-corrected chi connectivity index (χ4v) is 2.05. The lowest BCUT2D eigenvalue weighted by Crippen LogP contribution is -2.43. The first-order chi connectivity index (χ1) is 8.08. The van der Waals surface area contributed by atoms with Crippen LogP contribution in [0.5, 0.6) is 0 Å². The Labute approximate surface area is 102 Å². The van der Waals surface area contributed by atoms with E-state index in [0.29, 0.717) is 6.04 Å². The molecular weight excluding hydrogens is 214 g/mol. The number of amides is 1. The predicted octanol–water partition coefficient (Wildman–Crippen LogP) is 1.11. The van der Waals surface area contributed by atoms with Gasteiger partial charge in [0.05, 0.1) is 6.04 Å². The average molecular weight is 233 g/mol. The molecule has 1 aliphatic carbocycles. The van der Waals surface area contributed by atoms with Crippen LogP contribution in [-0.2, 0) is 11.3 Å². The highest BCUT2D eigenvalue weighted by Gasteiger charge is 2.34. The third kappa shape index (κ3) is 2.97. The molecule has 0 heterocycles. The van der Waals surface area contributed by atoms with Gasteiger partial charge in [-0.05, 0) is 37.5 Å². The van der Waals surface area contributed by atoms with Crippen molar-refractivity contribution in [2.24, 2.45) is 5.73 Å². The Balaban J connectivity index is 2.10. The normalized spacial score (nSPS) is 17.1. The predicted molar refractivity (Wildman–Crippen MR) is 68.1 cm³/mol. The van der Waals surface area contributed by atoms with Gasteiger partial charge >= 0.3 is 0 Å². The summed E-state index contributed by atoms with van der Waals surface area (Å²) < 4.78 is 0. The standard InChI is InChI=1S/C13H19N3O/c1-9(13(15)17)16(12-5-6-12)8-10-3-2-4-11(14)7-10/h2-4,7,9,12H,5-6,8,14H2,1H3,(H2,15,17). The summed E-state index contributed by atoms with van der Waals surface area (Å²) >= 11 is 0. The van der Waals surface area contributed by atoms with Gasteiger partial charge in [0.2, 0.25) is 5.91 Å². The number of hydrogen-bond acceptors (Lipinski definition) is 3. The molecule has 0 bridgehead atoms. The van der Waals surface area contributed by atoms with Crippen molar-refractivity contribution in [3.63, 3.8) is 0 Å². The van der Waals surface area contributed by atoms with Crippen LogP contribution >= 0.6 is 0 Å². The number of anilines is 1. The monoisotopic (exact) mass is 233 g/mol. The molecule has 1 aromatic rings. The molecule has 2 rings (SSSR count). The van der Waals surface area contributed by atoms with E-state index in [0.717, 1.165) is 30.6 Å². The van der Waals surface area contributed by atoms with E-state index in [1.807, 2.05) is 31.2 Å². The fourth-order valence-electron chi connectivity index (χ4n) is 2.05. The maximum absolute atomic E-state index is 11.3. The second-order valence-corrected chi connectivity index (χ2v) is 4.73. The summed E-state index contributed by atoms with van der Waals surface area (Å²) in [4.78, 5) is 13.4. The summed E-state index contributed by atoms with van der Waals surface area (Å²) in [5.74, 6) is -0.263. The molecule has 0 radical (unpaired) electrons. The molecule has 1 aromatic carbocycles. The van der Waals surface area contributed by atoms with E-state index in [2.05, 4.69) is 4.90 Å². The van der Waals surface area contributed by atoms with Crippen LogP contribution in [0.2, 0.25) is 0 Å². The molecule has 4 N–H and O–H groups in total. The first-order valence-corrected chi connectivity index (χ1v) is 5.97. The van der Waals surface area contributed by atoms with Gasteiger partial charge in [-0.25, -0.2) is 0 Å². The Morgan fingerprint density at radius 2 is 2.24 bits per heavy atom. The summed E-state index contributed by atoms with van der Waals surface area (Å²) in [6.45, 7) is 2.60. The Morgan fingerprint density at radius 3 is 2.76 bits per heavy atom. The number of carbonyl (C=O) groups is 1. The molecule has 0 aliphatic heterocycles. The summed E-state index contributed by atoms with van der Waals surface area (Å²) in [7, 11) is 0. The van der Waals surface area contributed by atoms with Gasteiger partial charge in [0.15, 0.2) is 0 Å². The molecule has 0 aromatic heterocycles. The number of nitrogens with two attached hydrogens (primary N) is 2. The van der Waals surface area contributed by atoms with Gasteiger partial charge in [0, 0.05) is 18.3 Å². The van der Waals surface area contributed by atoms with E-state index in [-0.39, 0.29) is 11.9 Å². The van der Waals surface area contributed by atoms with Crippen molar-refractivity contribution >= 4 is 11.6 Å². The molecule has 0 spiro atoms. The first-order valence-electron chi connectivity index (χ1n) is 5.97. The molecule has 1 atom stereocenters. The Kier molecular flexibility index (Phi) is 3.33.